The van der Waals surface area contributed by atoms with Crippen molar-refractivity contribution in [3.05, 3.63) is 29.8 Å². The van der Waals surface area contributed by atoms with Crippen molar-refractivity contribution in [1.29, 1.82) is 0 Å². The summed E-state index contributed by atoms with van der Waals surface area (Å²) in [7, 11) is 0. The first-order valence-corrected chi connectivity index (χ1v) is 7.42. The van der Waals surface area contributed by atoms with Crippen molar-refractivity contribution in [3.63, 3.8) is 0 Å². The Hall–Kier alpha value is -1.02. The SMILES string of the molecule is CC(C)(C)CC1(Cc2cccc(O)c2)CCCCN1. The molecule has 2 N–H and O–H groups in total. The van der Waals surface area contributed by atoms with Gasteiger partial charge in [0.25, 0.3) is 0 Å². The van der Waals surface area contributed by atoms with Crippen LogP contribution in [0, 0.1) is 5.41 Å². The standard InChI is InChI=1S/C17H27NO/c1-16(2,3)13-17(9-4-5-10-18-17)12-14-7-6-8-15(19)11-14/h6-8,11,18-19H,4-5,9-10,12-13H2,1-3H3. The molecule has 0 saturated carbocycles. The number of aromatic hydroxyl groups is 1. The molecule has 1 unspecified atom stereocenters. The van der Waals surface area contributed by atoms with Gasteiger partial charge in [0.15, 0.2) is 0 Å². The molecule has 1 fully saturated rings. The number of nitrogens with one attached hydrogen (secondary N) is 1. The molecule has 1 aromatic rings. The van der Waals surface area contributed by atoms with Gasteiger partial charge < -0.3 is 10.4 Å². The van der Waals surface area contributed by atoms with Crippen LogP contribution in [-0.2, 0) is 6.42 Å². The molecule has 0 bridgehead atoms. The normalized spacial score (nSPS) is 24.4. The molecule has 19 heavy (non-hydrogen) atoms. The molecule has 2 nitrogen and oxygen atoms in total. The third-order valence-corrected chi connectivity index (χ3v) is 3.90. The maximum Gasteiger partial charge on any atom is 0.115 e. The van der Waals surface area contributed by atoms with E-state index in [-0.39, 0.29) is 5.54 Å². The minimum absolute atomic E-state index is 0.199. The van der Waals surface area contributed by atoms with E-state index in [4.69, 9.17) is 0 Å². The van der Waals surface area contributed by atoms with Gasteiger partial charge in [-0.05, 0) is 55.3 Å². The second-order valence-corrected chi connectivity index (χ2v) is 7.25. The predicted octanol–water partition coefficient (Wildman–Crippen LogP) is 3.88. The molecule has 1 atom stereocenters. The third-order valence-electron chi connectivity index (χ3n) is 3.90. The Balaban J connectivity index is 2.18. The van der Waals surface area contributed by atoms with Crippen LogP contribution in [-0.4, -0.2) is 17.2 Å². The Morgan fingerprint density at radius 3 is 2.63 bits per heavy atom. The van der Waals surface area contributed by atoms with Crippen LogP contribution in [0.2, 0.25) is 0 Å². The van der Waals surface area contributed by atoms with E-state index in [0.29, 0.717) is 11.2 Å². The molecule has 0 radical (unpaired) electrons. The molecule has 0 spiro atoms. The number of phenols is 1. The van der Waals surface area contributed by atoms with Crippen LogP contribution in [0.1, 0.15) is 52.0 Å². The highest BCUT2D eigenvalue weighted by atomic mass is 16.3. The molecule has 1 aliphatic rings. The van der Waals surface area contributed by atoms with Crippen molar-refractivity contribution in [3.8, 4) is 5.75 Å². The summed E-state index contributed by atoms with van der Waals surface area (Å²) in [6.07, 6.45) is 6.02. The zero-order valence-corrected chi connectivity index (χ0v) is 12.5. The van der Waals surface area contributed by atoms with Gasteiger partial charge in [-0.2, -0.15) is 0 Å². The zero-order valence-electron chi connectivity index (χ0n) is 12.5. The van der Waals surface area contributed by atoms with Crippen LogP contribution in [0.25, 0.3) is 0 Å². The monoisotopic (exact) mass is 261 g/mol. The number of rotatable bonds is 3. The molecule has 0 aliphatic carbocycles. The summed E-state index contributed by atoms with van der Waals surface area (Å²) in [6.45, 7) is 8.06. The van der Waals surface area contributed by atoms with Gasteiger partial charge in [-0.15, -0.1) is 0 Å². The molecule has 0 aromatic heterocycles. The minimum Gasteiger partial charge on any atom is -0.508 e. The summed E-state index contributed by atoms with van der Waals surface area (Å²) in [6, 6.07) is 7.72. The topological polar surface area (TPSA) is 32.3 Å². The highest BCUT2D eigenvalue weighted by Crippen LogP contribution is 2.35. The summed E-state index contributed by atoms with van der Waals surface area (Å²) >= 11 is 0. The molecular weight excluding hydrogens is 234 g/mol. The van der Waals surface area contributed by atoms with Crippen LogP contribution in [0.3, 0.4) is 0 Å². The summed E-state index contributed by atoms with van der Waals surface area (Å²) in [5, 5.41) is 13.4. The van der Waals surface area contributed by atoms with E-state index in [1.165, 1.54) is 31.2 Å². The number of hydrogen-bond donors (Lipinski definition) is 2. The predicted molar refractivity (Wildman–Crippen MR) is 80.5 cm³/mol. The molecule has 2 heteroatoms. The van der Waals surface area contributed by atoms with Crippen molar-refractivity contribution in [2.45, 2.75) is 58.4 Å². The number of piperidine rings is 1. The van der Waals surface area contributed by atoms with Crippen molar-refractivity contribution >= 4 is 0 Å². The van der Waals surface area contributed by atoms with Crippen LogP contribution in [0.5, 0.6) is 5.75 Å². The third kappa shape index (κ3) is 4.24. The Bertz CT molecular complexity index is 414. The fraction of sp³-hybridized carbons (Fsp3) is 0.647. The van der Waals surface area contributed by atoms with E-state index in [1.54, 1.807) is 6.07 Å². The zero-order chi connectivity index (χ0) is 13.9. The smallest absolute Gasteiger partial charge is 0.115 e. The summed E-state index contributed by atoms with van der Waals surface area (Å²) in [4.78, 5) is 0. The lowest BCUT2D eigenvalue weighted by Crippen LogP contribution is -2.52. The van der Waals surface area contributed by atoms with E-state index in [1.807, 2.05) is 12.1 Å². The van der Waals surface area contributed by atoms with Crippen LogP contribution in [0.15, 0.2) is 24.3 Å². The van der Waals surface area contributed by atoms with Crippen LogP contribution >= 0.6 is 0 Å². The maximum atomic E-state index is 9.64. The average Bonchev–Trinajstić information content (AvgIpc) is 2.27. The maximum absolute atomic E-state index is 9.64. The molecule has 1 heterocycles. The lowest BCUT2D eigenvalue weighted by Gasteiger charge is -2.43. The highest BCUT2D eigenvalue weighted by molar-refractivity contribution is 5.28. The quantitative estimate of drug-likeness (QED) is 0.865. The molecule has 1 aromatic carbocycles. The molecule has 1 saturated heterocycles. The van der Waals surface area contributed by atoms with Crippen molar-refractivity contribution in [2.75, 3.05) is 6.54 Å². The van der Waals surface area contributed by atoms with Gasteiger partial charge in [-0.3, -0.25) is 0 Å². The van der Waals surface area contributed by atoms with Gasteiger partial charge in [0, 0.05) is 5.54 Å². The first-order chi connectivity index (χ1) is 8.89. The van der Waals surface area contributed by atoms with E-state index in [0.717, 1.165) is 13.0 Å². The lowest BCUT2D eigenvalue weighted by molar-refractivity contribution is 0.168. The first-order valence-electron chi connectivity index (χ1n) is 7.42. The Morgan fingerprint density at radius 1 is 1.26 bits per heavy atom. The second-order valence-electron chi connectivity index (χ2n) is 7.25. The largest absolute Gasteiger partial charge is 0.508 e. The number of phenolic OH excluding ortho intramolecular Hbond substituents is 1. The van der Waals surface area contributed by atoms with E-state index >= 15 is 0 Å². The van der Waals surface area contributed by atoms with Crippen LogP contribution < -0.4 is 5.32 Å². The number of benzene rings is 1. The highest BCUT2D eigenvalue weighted by Gasteiger charge is 2.35. The second kappa shape index (κ2) is 5.54. The van der Waals surface area contributed by atoms with Gasteiger partial charge >= 0.3 is 0 Å². The van der Waals surface area contributed by atoms with Gasteiger partial charge in [-0.25, -0.2) is 0 Å². The lowest BCUT2D eigenvalue weighted by atomic mass is 9.72. The number of hydrogen-bond acceptors (Lipinski definition) is 2. The van der Waals surface area contributed by atoms with E-state index < -0.39 is 0 Å². The van der Waals surface area contributed by atoms with Gasteiger partial charge in [0.1, 0.15) is 5.75 Å². The molecule has 106 valence electrons. The van der Waals surface area contributed by atoms with Gasteiger partial charge in [0.05, 0.1) is 0 Å². The molecular formula is C17H27NO. The van der Waals surface area contributed by atoms with E-state index in [9.17, 15) is 5.11 Å². The fourth-order valence-electron chi connectivity index (χ4n) is 3.47. The molecule has 0 amide bonds. The Labute approximate surface area is 117 Å². The Morgan fingerprint density at radius 2 is 2.05 bits per heavy atom. The van der Waals surface area contributed by atoms with E-state index in [2.05, 4.69) is 32.2 Å². The average molecular weight is 261 g/mol. The van der Waals surface area contributed by atoms with Crippen LogP contribution in [0.4, 0.5) is 0 Å². The van der Waals surface area contributed by atoms with Crippen molar-refractivity contribution in [1.82, 2.24) is 5.32 Å². The first kappa shape index (κ1) is 14.4. The summed E-state index contributed by atoms with van der Waals surface area (Å²) in [5.41, 5.74) is 1.75. The molecule has 2 rings (SSSR count). The molecule has 1 aliphatic heterocycles. The summed E-state index contributed by atoms with van der Waals surface area (Å²) in [5.74, 6) is 0.374. The minimum atomic E-state index is 0.199. The van der Waals surface area contributed by atoms with Gasteiger partial charge in [0.2, 0.25) is 0 Å². The Kier molecular flexibility index (Phi) is 4.19. The van der Waals surface area contributed by atoms with Gasteiger partial charge in [-0.1, -0.05) is 39.3 Å². The summed E-state index contributed by atoms with van der Waals surface area (Å²) < 4.78 is 0. The fourth-order valence-corrected chi connectivity index (χ4v) is 3.47. The van der Waals surface area contributed by atoms with Crippen molar-refractivity contribution < 1.29 is 5.11 Å². The van der Waals surface area contributed by atoms with Crippen molar-refractivity contribution in [2.24, 2.45) is 5.41 Å².